The summed E-state index contributed by atoms with van der Waals surface area (Å²) >= 11 is 2.20. The Morgan fingerprint density at radius 3 is 1.85 bits per heavy atom. The van der Waals surface area contributed by atoms with Gasteiger partial charge in [0.1, 0.15) is 36.6 Å². The van der Waals surface area contributed by atoms with Crippen molar-refractivity contribution in [3.63, 3.8) is 0 Å². The summed E-state index contributed by atoms with van der Waals surface area (Å²) < 4.78 is 18.2. The lowest BCUT2D eigenvalue weighted by molar-refractivity contribution is -0.149. The van der Waals surface area contributed by atoms with Crippen LogP contribution in [-0.4, -0.2) is 35.7 Å². The van der Waals surface area contributed by atoms with E-state index in [2.05, 4.69) is 33.2 Å². The van der Waals surface area contributed by atoms with Gasteiger partial charge in [-0.3, -0.25) is 4.79 Å². The van der Waals surface area contributed by atoms with Crippen molar-refractivity contribution in [3.8, 4) is 5.75 Å². The molecule has 0 saturated heterocycles. The van der Waals surface area contributed by atoms with Gasteiger partial charge in [0.25, 0.3) is 0 Å². The molecule has 2 atom stereocenters. The Bertz CT molecular complexity index is 1580. The second kappa shape index (κ2) is 16.8. The van der Waals surface area contributed by atoms with Crippen molar-refractivity contribution in [1.29, 1.82) is 0 Å². The number of esters is 1. The van der Waals surface area contributed by atoms with Gasteiger partial charge in [-0.1, -0.05) is 91.0 Å². The van der Waals surface area contributed by atoms with E-state index in [4.69, 9.17) is 14.2 Å². The standard InChI is InChI=1S/C37H39IN2O6/c1-37(2,3)46-36(43)40-31(23-29-22-30(38)19-20-33(29)44-24-27-15-9-5-10-16-27)34(41)39-32(21-26-13-7-4-8-14-26)35(42)45-25-28-17-11-6-12-18-28/h4-20,22,31-32H,21,23-25H2,1-3H3,(H,39,41)(H,40,43)/t31-,32-/m0/s1. The Labute approximate surface area is 284 Å². The maximum Gasteiger partial charge on any atom is 0.408 e. The van der Waals surface area contributed by atoms with Crippen LogP contribution < -0.4 is 15.4 Å². The SMILES string of the molecule is CC(C)(C)OC(=O)N[C@@H](Cc1cc(I)ccc1OCc1ccccc1)C(=O)N[C@@H](Cc1ccccc1)C(=O)OCc1ccccc1. The molecule has 0 saturated carbocycles. The molecule has 240 valence electrons. The lowest BCUT2D eigenvalue weighted by Gasteiger charge is -2.26. The number of halogens is 1. The molecule has 0 heterocycles. The average Bonchev–Trinajstić information content (AvgIpc) is 3.03. The van der Waals surface area contributed by atoms with Crippen LogP contribution in [0.4, 0.5) is 4.79 Å². The van der Waals surface area contributed by atoms with Crippen LogP contribution in [0.3, 0.4) is 0 Å². The molecule has 0 aliphatic heterocycles. The zero-order valence-electron chi connectivity index (χ0n) is 26.2. The Morgan fingerprint density at radius 2 is 1.26 bits per heavy atom. The predicted octanol–water partition coefficient (Wildman–Crippen LogP) is 6.78. The molecule has 8 nitrogen and oxygen atoms in total. The summed E-state index contributed by atoms with van der Waals surface area (Å²) in [7, 11) is 0. The number of carbonyl (C=O) groups excluding carboxylic acids is 3. The van der Waals surface area contributed by atoms with Gasteiger partial charge in [0, 0.05) is 16.4 Å². The average molecular weight is 735 g/mol. The number of ether oxygens (including phenoxy) is 3. The molecular weight excluding hydrogens is 695 g/mol. The summed E-state index contributed by atoms with van der Waals surface area (Å²) in [4.78, 5) is 40.3. The van der Waals surface area contributed by atoms with Crippen LogP contribution in [0, 0.1) is 3.57 Å². The number of carbonyl (C=O) groups is 3. The van der Waals surface area contributed by atoms with Crippen molar-refractivity contribution in [2.45, 2.75) is 64.5 Å². The van der Waals surface area contributed by atoms with Crippen molar-refractivity contribution >= 4 is 40.6 Å². The first-order valence-electron chi connectivity index (χ1n) is 15.1. The van der Waals surface area contributed by atoms with E-state index in [1.165, 1.54) is 0 Å². The van der Waals surface area contributed by atoms with Crippen molar-refractivity contribution in [2.24, 2.45) is 0 Å². The topological polar surface area (TPSA) is 103 Å². The minimum Gasteiger partial charge on any atom is -0.489 e. The summed E-state index contributed by atoms with van der Waals surface area (Å²) in [5.74, 6) is -0.564. The van der Waals surface area contributed by atoms with Crippen LogP contribution in [-0.2, 0) is 45.1 Å². The number of alkyl carbamates (subject to hydrolysis) is 1. The molecule has 4 aromatic rings. The fourth-order valence-corrected chi connectivity index (χ4v) is 5.16. The molecule has 0 radical (unpaired) electrons. The third kappa shape index (κ3) is 11.5. The van der Waals surface area contributed by atoms with Gasteiger partial charge in [0.2, 0.25) is 5.91 Å². The molecule has 2 amide bonds. The Kier molecular flexibility index (Phi) is 12.6. The molecule has 9 heteroatoms. The van der Waals surface area contributed by atoms with Crippen LogP contribution in [0.15, 0.2) is 109 Å². The van der Waals surface area contributed by atoms with Gasteiger partial charge >= 0.3 is 12.1 Å². The highest BCUT2D eigenvalue weighted by molar-refractivity contribution is 14.1. The van der Waals surface area contributed by atoms with Crippen LogP contribution >= 0.6 is 22.6 Å². The van der Waals surface area contributed by atoms with Gasteiger partial charge < -0.3 is 24.8 Å². The summed E-state index contributed by atoms with van der Waals surface area (Å²) in [6.07, 6.45) is -0.465. The molecule has 46 heavy (non-hydrogen) atoms. The van der Waals surface area contributed by atoms with Gasteiger partial charge in [-0.15, -0.1) is 0 Å². The van der Waals surface area contributed by atoms with Crippen LogP contribution in [0.25, 0.3) is 0 Å². The van der Waals surface area contributed by atoms with E-state index in [1.54, 1.807) is 20.8 Å². The van der Waals surface area contributed by atoms with Crippen molar-refractivity contribution < 1.29 is 28.6 Å². The molecule has 4 aromatic carbocycles. The van der Waals surface area contributed by atoms with Gasteiger partial charge in [0.05, 0.1) is 0 Å². The van der Waals surface area contributed by atoms with E-state index >= 15 is 0 Å². The number of benzene rings is 4. The van der Waals surface area contributed by atoms with Crippen molar-refractivity contribution in [3.05, 3.63) is 135 Å². The molecule has 2 N–H and O–H groups in total. The highest BCUT2D eigenvalue weighted by Crippen LogP contribution is 2.24. The maximum atomic E-state index is 14.0. The predicted molar refractivity (Wildman–Crippen MR) is 185 cm³/mol. The number of hydrogen-bond donors (Lipinski definition) is 2. The minimum absolute atomic E-state index is 0.0605. The number of nitrogens with one attached hydrogen (secondary N) is 2. The highest BCUT2D eigenvalue weighted by atomic mass is 127. The number of hydrogen-bond acceptors (Lipinski definition) is 6. The normalized spacial score (nSPS) is 12.3. The molecule has 0 aromatic heterocycles. The fraction of sp³-hybridized carbons (Fsp3) is 0.270. The number of rotatable bonds is 13. The van der Waals surface area contributed by atoms with E-state index in [0.717, 1.165) is 20.3 Å². The summed E-state index contributed by atoms with van der Waals surface area (Å²) in [5, 5.41) is 5.58. The summed E-state index contributed by atoms with van der Waals surface area (Å²) in [6, 6.07) is 32.0. The Morgan fingerprint density at radius 1 is 0.696 bits per heavy atom. The Hall–Kier alpha value is -4.38. The molecule has 0 spiro atoms. The number of amides is 2. The van der Waals surface area contributed by atoms with Gasteiger partial charge in [-0.2, -0.15) is 0 Å². The quantitative estimate of drug-likeness (QED) is 0.116. The van der Waals surface area contributed by atoms with E-state index in [0.29, 0.717) is 17.9 Å². The van der Waals surface area contributed by atoms with Crippen molar-refractivity contribution in [2.75, 3.05) is 0 Å². The molecule has 0 unspecified atom stereocenters. The van der Waals surface area contributed by atoms with Crippen LogP contribution in [0.1, 0.15) is 43.0 Å². The lowest BCUT2D eigenvalue weighted by Crippen LogP contribution is -2.54. The molecule has 0 fully saturated rings. The first kappa shape index (κ1) is 34.5. The second-order valence-electron chi connectivity index (χ2n) is 11.8. The van der Waals surface area contributed by atoms with Crippen LogP contribution in [0.2, 0.25) is 0 Å². The zero-order valence-corrected chi connectivity index (χ0v) is 28.4. The fourth-order valence-electron chi connectivity index (χ4n) is 4.61. The second-order valence-corrected chi connectivity index (χ2v) is 13.0. The summed E-state index contributed by atoms with van der Waals surface area (Å²) in [6.45, 7) is 5.63. The molecule has 0 aliphatic carbocycles. The van der Waals surface area contributed by atoms with E-state index in [-0.39, 0.29) is 19.4 Å². The maximum absolute atomic E-state index is 14.0. The van der Waals surface area contributed by atoms with Crippen molar-refractivity contribution in [1.82, 2.24) is 10.6 Å². The van der Waals surface area contributed by atoms with E-state index in [9.17, 15) is 14.4 Å². The lowest BCUT2D eigenvalue weighted by atomic mass is 10.0. The third-order valence-electron chi connectivity index (χ3n) is 6.80. The largest absolute Gasteiger partial charge is 0.489 e. The highest BCUT2D eigenvalue weighted by Gasteiger charge is 2.30. The monoisotopic (exact) mass is 734 g/mol. The van der Waals surface area contributed by atoms with Gasteiger partial charge in [-0.05, 0) is 83.8 Å². The summed E-state index contributed by atoms with van der Waals surface area (Å²) in [5.41, 5.74) is 2.59. The molecular formula is C37H39IN2O6. The first-order chi connectivity index (χ1) is 22.1. The minimum atomic E-state index is -1.09. The van der Waals surface area contributed by atoms with Gasteiger partial charge in [-0.25, -0.2) is 9.59 Å². The van der Waals surface area contributed by atoms with Gasteiger partial charge in [0.15, 0.2) is 0 Å². The molecule has 0 aliphatic rings. The molecule has 0 bridgehead atoms. The van der Waals surface area contributed by atoms with Crippen LogP contribution in [0.5, 0.6) is 5.75 Å². The third-order valence-corrected chi connectivity index (χ3v) is 7.47. The Balaban J connectivity index is 1.57. The molecule has 4 rings (SSSR count). The first-order valence-corrected chi connectivity index (χ1v) is 16.1. The zero-order chi connectivity index (χ0) is 32.9. The van der Waals surface area contributed by atoms with E-state index < -0.39 is 35.7 Å². The smallest absolute Gasteiger partial charge is 0.408 e. The van der Waals surface area contributed by atoms with E-state index in [1.807, 2.05) is 109 Å².